The lowest BCUT2D eigenvalue weighted by atomic mass is 9.92. The van der Waals surface area contributed by atoms with Crippen molar-refractivity contribution in [3.05, 3.63) is 58.6 Å². The van der Waals surface area contributed by atoms with Gasteiger partial charge in [-0.2, -0.15) is 0 Å². The van der Waals surface area contributed by atoms with Gasteiger partial charge in [-0.3, -0.25) is 9.69 Å². The van der Waals surface area contributed by atoms with Gasteiger partial charge in [0.1, 0.15) is 5.75 Å². The van der Waals surface area contributed by atoms with Crippen LogP contribution in [0.1, 0.15) is 41.1 Å². The first-order valence-electron chi connectivity index (χ1n) is 9.78. The van der Waals surface area contributed by atoms with Crippen molar-refractivity contribution in [3.8, 4) is 5.75 Å². The first-order chi connectivity index (χ1) is 13.5. The van der Waals surface area contributed by atoms with E-state index in [0.29, 0.717) is 34.0 Å². The van der Waals surface area contributed by atoms with Gasteiger partial charge in [-0.1, -0.05) is 41.9 Å². The molecule has 5 nitrogen and oxygen atoms in total. The number of hydrogen-bond donors (Lipinski definition) is 2. The second-order valence-electron chi connectivity index (χ2n) is 7.76. The lowest BCUT2D eigenvalue weighted by Gasteiger charge is -2.35. The summed E-state index contributed by atoms with van der Waals surface area (Å²) in [5.41, 5.74) is 8.07. The van der Waals surface area contributed by atoms with Gasteiger partial charge < -0.3 is 15.8 Å². The Bertz CT molecular complexity index is 858. The standard InChI is InChI=1S/C22H26ClN3O2/c1-28-21-12-20(24)19(23)11-18(21)22(27)25-16-7-8-26-13-15(9-17(26)10-16)14-5-3-2-4-6-14/h2-6,11-12,15-17H,7-10,13,24H2,1H3,(H,25,27). The summed E-state index contributed by atoms with van der Waals surface area (Å²) in [7, 11) is 1.53. The van der Waals surface area contributed by atoms with Crippen molar-refractivity contribution in [3.63, 3.8) is 0 Å². The van der Waals surface area contributed by atoms with Gasteiger partial charge >= 0.3 is 0 Å². The molecule has 2 saturated heterocycles. The minimum Gasteiger partial charge on any atom is -0.496 e. The van der Waals surface area contributed by atoms with Crippen LogP contribution in [0.3, 0.4) is 0 Å². The number of nitrogen functional groups attached to an aromatic ring is 1. The van der Waals surface area contributed by atoms with Gasteiger partial charge in [-0.05, 0) is 36.8 Å². The number of hydrogen-bond acceptors (Lipinski definition) is 4. The molecule has 0 bridgehead atoms. The molecule has 2 aliphatic rings. The average molecular weight is 400 g/mol. The van der Waals surface area contributed by atoms with Crippen molar-refractivity contribution in [2.24, 2.45) is 0 Å². The van der Waals surface area contributed by atoms with Crippen molar-refractivity contribution in [2.75, 3.05) is 25.9 Å². The van der Waals surface area contributed by atoms with Crippen LogP contribution in [-0.2, 0) is 0 Å². The first kappa shape index (κ1) is 19.1. The van der Waals surface area contributed by atoms with Crippen LogP contribution in [0.2, 0.25) is 5.02 Å². The molecule has 2 aliphatic heterocycles. The predicted molar refractivity (Wildman–Crippen MR) is 112 cm³/mol. The number of ether oxygens (including phenoxy) is 1. The molecule has 1 amide bonds. The van der Waals surface area contributed by atoms with Crippen LogP contribution >= 0.6 is 11.6 Å². The Hall–Kier alpha value is -2.24. The zero-order valence-corrected chi connectivity index (χ0v) is 16.8. The molecule has 3 atom stereocenters. The van der Waals surface area contributed by atoms with Crippen LogP contribution in [0.25, 0.3) is 0 Å². The molecular weight excluding hydrogens is 374 g/mol. The fourth-order valence-corrected chi connectivity index (χ4v) is 4.71. The molecule has 0 aliphatic carbocycles. The highest BCUT2D eigenvalue weighted by Crippen LogP contribution is 2.36. The van der Waals surface area contributed by atoms with E-state index in [1.165, 1.54) is 12.7 Å². The molecule has 28 heavy (non-hydrogen) atoms. The number of halogens is 1. The minimum absolute atomic E-state index is 0.157. The second kappa shape index (κ2) is 8.02. The third-order valence-electron chi connectivity index (χ3n) is 6.02. The topological polar surface area (TPSA) is 67.6 Å². The number of piperidine rings is 1. The third kappa shape index (κ3) is 3.82. The van der Waals surface area contributed by atoms with Crippen LogP contribution < -0.4 is 15.8 Å². The molecule has 0 spiro atoms. The van der Waals surface area contributed by atoms with E-state index in [1.807, 2.05) is 0 Å². The van der Waals surface area contributed by atoms with Gasteiger partial charge in [0, 0.05) is 31.2 Å². The Morgan fingerprint density at radius 2 is 2.04 bits per heavy atom. The Kier molecular flexibility index (Phi) is 5.47. The lowest BCUT2D eigenvalue weighted by Crippen LogP contribution is -2.47. The van der Waals surface area contributed by atoms with Crippen molar-refractivity contribution in [1.29, 1.82) is 0 Å². The molecule has 2 aromatic carbocycles. The van der Waals surface area contributed by atoms with E-state index >= 15 is 0 Å². The molecule has 4 rings (SSSR count). The smallest absolute Gasteiger partial charge is 0.255 e. The van der Waals surface area contributed by atoms with Crippen LogP contribution in [0, 0.1) is 0 Å². The zero-order chi connectivity index (χ0) is 19.7. The van der Waals surface area contributed by atoms with Gasteiger partial charge in [0.15, 0.2) is 0 Å². The number of benzene rings is 2. The number of nitrogens with one attached hydrogen (secondary N) is 1. The maximum atomic E-state index is 12.8. The molecule has 2 heterocycles. The fourth-order valence-electron chi connectivity index (χ4n) is 4.55. The number of fused-ring (bicyclic) bond motifs is 1. The van der Waals surface area contributed by atoms with Gasteiger partial charge in [-0.15, -0.1) is 0 Å². The Morgan fingerprint density at radius 1 is 1.25 bits per heavy atom. The van der Waals surface area contributed by atoms with E-state index < -0.39 is 0 Å². The number of methoxy groups -OCH3 is 1. The van der Waals surface area contributed by atoms with E-state index in [0.717, 1.165) is 32.4 Å². The molecule has 148 valence electrons. The molecule has 6 heteroatoms. The lowest BCUT2D eigenvalue weighted by molar-refractivity contribution is 0.0893. The Balaban J connectivity index is 1.41. The Labute approximate surface area is 170 Å². The molecule has 2 fully saturated rings. The molecule has 0 radical (unpaired) electrons. The minimum atomic E-state index is -0.158. The zero-order valence-electron chi connectivity index (χ0n) is 16.0. The number of nitrogens with zero attached hydrogens (tertiary/aromatic N) is 1. The predicted octanol–water partition coefficient (Wildman–Crippen LogP) is 3.68. The number of carbonyl (C=O) groups excluding carboxylic acids is 1. The maximum absolute atomic E-state index is 12.8. The fraction of sp³-hybridized carbons (Fsp3) is 0.409. The van der Waals surface area contributed by atoms with Crippen molar-refractivity contribution >= 4 is 23.2 Å². The van der Waals surface area contributed by atoms with Gasteiger partial charge in [-0.25, -0.2) is 0 Å². The van der Waals surface area contributed by atoms with Crippen LogP contribution in [0.4, 0.5) is 5.69 Å². The summed E-state index contributed by atoms with van der Waals surface area (Å²) in [6.45, 7) is 2.12. The van der Waals surface area contributed by atoms with Gasteiger partial charge in [0.05, 0.1) is 23.4 Å². The number of carbonyl (C=O) groups is 1. The highest BCUT2D eigenvalue weighted by molar-refractivity contribution is 6.33. The molecule has 3 unspecified atom stereocenters. The van der Waals surface area contributed by atoms with E-state index in [-0.39, 0.29) is 11.9 Å². The Morgan fingerprint density at radius 3 is 2.79 bits per heavy atom. The van der Waals surface area contributed by atoms with E-state index in [4.69, 9.17) is 22.1 Å². The average Bonchev–Trinajstić information content (AvgIpc) is 3.13. The van der Waals surface area contributed by atoms with E-state index in [9.17, 15) is 4.79 Å². The van der Waals surface area contributed by atoms with Crippen LogP contribution in [0.5, 0.6) is 5.75 Å². The quantitative estimate of drug-likeness (QED) is 0.769. The molecule has 2 aromatic rings. The highest BCUT2D eigenvalue weighted by Gasteiger charge is 2.37. The summed E-state index contributed by atoms with van der Waals surface area (Å²) < 4.78 is 5.32. The number of anilines is 1. The summed E-state index contributed by atoms with van der Waals surface area (Å²) in [6, 6.07) is 14.6. The van der Waals surface area contributed by atoms with Crippen molar-refractivity contribution in [1.82, 2.24) is 10.2 Å². The monoisotopic (exact) mass is 399 g/mol. The molecular formula is C22H26ClN3O2. The van der Waals surface area contributed by atoms with Gasteiger partial charge in [0.25, 0.3) is 5.91 Å². The van der Waals surface area contributed by atoms with Crippen molar-refractivity contribution in [2.45, 2.75) is 37.3 Å². The number of nitrogens with two attached hydrogens (primary N) is 1. The largest absolute Gasteiger partial charge is 0.496 e. The summed E-state index contributed by atoms with van der Waals surface area (Å²) in [5, 5.41) is 3.54. The number of amides is 1. The van der Waals surface area contributed by atoms with Crippen LogP contribution in [-0.4, -0.2) is 43.1 Å². The van der Waals surface area contributed by atoms with Crippen LogP contribution in [0.15, 0.2) is 42.5 Å². The summed E-state index contributed by atoms with van der Waals surface area (Å²) in [5.74, 6) is 0.869. The molecule has 0 saturated carbocycles. The van der Waals surface area contributed by atoms with E-state index in [2.05, 4.69) is 40.5 Å². The summed E-state index contributed by atoms with van der Waals surface area (Å²) in [4.78, 5) is 15.4. The third-order valence-corrected chi connectivity index (χ3v) is 6.35. The van der Waals surface area contributed by atoms with Crippen molar-refractivity contribution < 1.29 is 9.53 Å². The molecule has 0 aromatic heterocycles. The first-order valence-corrected chi connectivity index (χ1v) is 10.2. The summed E-state index contributed by atoms with van der Waals surface area (Å²) in [6.07, 6.45) is 3.07. The maximum Gasteiger partial charge on any atom is 0.255 e. The number of rotatable bonds is 4. The highest BCUT2D eigenvalue weighted by atomic mass is 35.5. The second-order valence-corrected chi connectivity index (χ2v) is 8.17. The van der Waals surface area contributed by atoms with E-state index in [1.54, 1.807) is 12.1 Å². The SMILES string of the molecule is COc1cc(N)c(Cl)cc1C(=O)NC1CCN2CC(c3ccccc3)CC2C1. The summed E-state index contributed by atoms with van der Waals surface area (Å²) >= 11 is 6.11. The normalized spacial score (nSPS) is 24.6. The van der Waals surface area contributed by atoms with Gasteiger partial charge in [0.2, 0.25) is 0 Å². The molecule has 3 N–H and O–H groups in total.